The van der Waals surface area contributed by atoms with E-state index in [9.17, 15) is 9.59 Å². The molecule has 0 radical (unpaired) electrons. The average molecular weight is 293 g/mol. The first kappa shape index (κ1) is 15.0. The summed E-state index contributed by atoms with van der Waals surface area (Å²) in [7, 11) is 0. The molecule has 1 fully saturated rings. The quantitative estimate of drug-likeness (QED) is 0.858. The molecule has 2 heterocycles. The Hall–Kier alpha value is -1.40. The number of likely N-dealkylation sites (tertiary alicyclic amines) is 1. The number of rotatable bonds is 4. The van der Waals surface area contributed by atoms with Crippen LogP contribution in [0.2, 0.25) is 0 Å². The fraction of sp³-hybridized carbons (Fsp3) is 0.500. The number of nitrogens with two attached hydrogens (primary N) is 1. The molecule has 5 nitrogen and oxygen atoms in total. The first-order chi connectivity index (χ1) is 9.54. The van der Waals surface area contributed by atoms with E-state index in [1.54, 1.807) is 23.2 Å². The molecule has 6 heteroatoms. The van der Waals surface area contributed by atoms with Gasteiger partial charge in [0, 0.05) is 23.6 Å². The number of nitrogens with zero attached hydrogens (tertiary/aromatic N) is 2. The highest BCUT2D eigenvalue weighted by Gasteiger charge is 2.35. The van der Waals surface area contributed by atoms with E-state index in [-0.39, 0.29) is 23.7 Å². The summed E-state index contributed by atoms with van der Waals surface area (Å²) in [5.41, 5.74) is 0.367. The molecule has 1 saturated heterocycles. The summed E-state index contributed by atoms with van der Waals surface area (Å²) in [5.74, 6) is -0.0996. The Balaban J connectivity index is 2.16. The molecule has 0 unspecified atom stereocenters. The molecule has 0 aromatic carbocycles. The van der Waals surface area contributed by atoms with Crippen LogP contribution in [-0.4, -0.2) is 34.2 Å². The van der Waals surface area contributed by atoms with Crippen molar-refractivity contribution in [1.29, 1.82) is 0 Å². The lowest BCUT2D eigenvalue weighted by Crippen LogP contribution is -2.42. The summed E-state index contributed by atoms with van der Waals surface area (Å²) in [6, 6.07) is 3.13. The molecular formula is C14H19N3O2S. The third-order valence-corrected chi connectivity index (χ3v) is 4.02. The molecular weight excluding hydrogens is 274 g/mol. The van der Waals surface area contributed by atoms with E-state index in [4.69, 9.17) is 5.14 Å². The number of carbonyl (C=O) groups excluding carboxylic acids is 2. The van der Waals surface area contributed by atoms with Crippen LogP contribution in [0.3, 0.4) is 0 Å². The molecule has 1 aromatic heterocycles. The lowest BCUT2D eigenvalue weighted by atomic mass is 10.00. The van der Waals surface area contributed by atoms with Crippen molar-refractivity contribution in [3.63, 3.8) is 0 Å². The number of hydrogen-bond donors (Lipinski definition) is 1. The number of ketones is 1. The van der Waals surface area contributed by atoms with Gasteiger partial charge in [-0.2, -0.15) is 0 Å². The summed E-state index contributed by atoms with van der Waals surface area (Å²) in [5, 5.41) is 5.43. The number of carbonyl (C=O) groups is 2. The van der Waals surface area contributed by atoms with Gasteiger partial charge in [-0.25, -0.2) is 4.98 Å². The number of amides is 1. The van der Waals surface area contributed by atoms with Gasteiger partial charge in [0.15, 0.2) is 5.78 Å². The fourth-order valence-corrected chi connectivity index (χ4v) is 2.67. The molecule has 1 aliphatic heterocycles. The number of Topliss-reactive ketones (excluding diaryl/α,β-unsaturated/α-hetero) is 1. The Morgan fingerprint density at radius 3 is 2.75 bits per heavy atom. The molecule has 2 rings (SSSR count). The molecule has 20 heavy (non-hydrogen) atoms. The first-order valence-electron chi connectivity index (χ1n) is 6.72. The minimum Gasteiger partial charge on any atom is -0.327 e. The molecule has 0 saturated carbocycles. The normalized spacial score (nSPS) is 18.6. The lowest BCUT2D eigenvalue weighted by molar-refractivity contribution is -0.125. The van der Waals surface area contributed by atoms with Crippen LogP contribution in [0.4, 0.5) is 0 Å². The maximum Gasteiger partial charge on any atom is 0.273 e. The van der Waals surface area contributed by atoms with Gasteiger partial charge in [-0.15, -0.1) is 0 Å². The standard InChI is InChI=1S/C14H19N3O2S/c1-9(2)13(18)12-4-3-7-17(12)14(19)11-6-5-10(20-15)8-16-11/h5-6,8-9,12H,3-4,7,15H2,1-2H3/t12-/m0/s1. The van der Waals surface area contributed by atoms with Gasteiger partial charge in [0.1, 0.15) is 5.69 Å². The Morgan fingerprint density at radius 1 is 1.45 bits per heavy atom. The summed E-state index contributed by atoms with van der Waals surface area (Å²) in [6.45, 7) is 4.36. The van der Waals surface area contributed by atoms with Crippen molar-refractivity contribution in [1.82, 2.24) is 9.88 Å². The number of hydrogen-bond acceptors (Lipinski definition) is 5. The summed E-state index contributed by atoms with van der Waals surface area (Å²) >= 11 is 1.09. The molecule has 1 aromatic rings. The molecule has 108 valence electrons. The van der Waals surface area contributed by atoms with Gasteiger partial charge in [0.2, 0.25) is 0 Å². The third kappa shape index (κ3) is 3.02. The second-order valence-corrected chi connectivity index (χ2v) is 5.92. The van der Waals surface area contributed by atoms with Gasteiger partial charge >= 0.3 is 0 Å². The van der Waals surface area contributed by atoms with E-state index < -0.39 is 0 Å². The maximum atomic E-state index is 12.5. The highest BCUT2D eigenvalue weighted by Crippen LogP contribution is 2.23. The van der Waals surface area contributed by atoms with Gasteiger partial charge in [0.25, 0.3) is 5.91 Å². The minimum absolute atomic E-state index is 0.0580. The topological polar surface area (TPSA) is 76.3 Å². The molecule has 0 bridgehead atoms. The fourth-order valence-electron chi connectivity index (χ4n) is 2.41. The number of aromatic nitrogens is 1. The summed E-state index contributed by atoms with van der Waals surface area (Å²) < 4.78 is 0. The predicted octanol–water partition coefficient (Wildman–Crippen LogP) is 1.88. The van der Waals surface area contributed by atoms with Crippen LogP contribution in [0.15, 0.2) is 23.2 Å². The van der Waals surface area contributed by atoms with Crippen molar-refractivity contribution in [2.75, 3.05) is 6.54 Å². The van der Waals surface area contributed by atoms with Gasteiger partial charge in [-0.3, -0.25) is 14.7 Å². The molecule has 1 atom stereocenters. The van der Waals surface area contributed by atoms with Crippen molar-refractivity contribution in [2.45, 2.75) is 37.6 Å². The number of pyridine rings is 1. The van der Waals surface area contributed by atoms with Crippen LogP contribution in [0.5, 0.6) is 0 Å². The van der Waals surface area contributed by atoms with Crippen LogP contribution in [0.25, 0.3) is 0 Å². The Morgan fingerprint density at radius 2 is 2.20 bits per heavy atom. The van der Waals surface area contributed by atoms with Crippen LogP contribution in [0.1, 0.15) is 37.2 Å². The van der Waals surface area contributed by atoms with E-state index in [0.29, 0.717) is 12.2 Å². The minimum atomic E-state index is -0.298. The van der Waals surface area contributed by atoms with Crippen LogP contribution in [0, 0.1) is 5.92 Å². The second kappa shape index (κ2) is 6.37. The van der Waals surface area contributed by atoms with E-state index >= 15 is 0 Å². The van der Waals surface area contributed by atoms with Gasteiger partial charge < -0.3 is 4.90 Å². The Bertz CT molecular complexity index is 502. The van der Waals surface area contributed by atoms with Crippen molar-refractivity contribution in [2.24, 2.45) is 11.1 Å². The molecule has 0 aliphatic carbocycles. The summed E-state index contributed by atoms with van der Waals surface area (Å²) in [4.78, 5) is 31.2. The highest BCUT2D eigenvalue weighted by atomic mass is 32.2. The first-order valence-corrected chi connectivity index (χ1v) is 7.60. The largest absolute Gasteiger partial charge is 0.327 e. The molecule has 0 spiro atoms. The van der Waals surface area contributed by atoms with Crippen molar-refractivity contribution in [3.8, 4) is 0 Å². The van der Waals surface area contributed by atoms with Crippen molar-refractivity contribution >= 4 is 23.6 Å². The molecule has 2 N–H and O–H groups in total. The van der Waals surface area contributed by atoms with Gasteiger partial charge in [-0.1, -0.05) is 13.8 Å². The van der Waals surface area contributed by atoms with E-state index in [2.05, 4.69) is 4.98 Å². The second-order valence-electron chi connectivity index (χ2n) is 5.21. The van der Waals surface area contributed by atoms with Crippen LogP contribution in [-0.2, 0) is 4.79 Å². The molecule has 1 amide bonds. The zero-order chi connectivity index (χ0) is 14.7. The average Bonchev–Trinajstić information content (AvgIpc) is 2.94. The van der Waals surface area contributed by atoms with Crippen LogP contribution >= 0.6 is 11.9 Å². The van der Waals surface area contributed by atoms with E-state index in [1.165, 1.54) is 0 Å². The Labute approximate surface area is 123 Å². The SMILES string of the molecule is CC(C)C(=O)[C@@H]1CCCN1C(=O)c1ccc(SN)cn1. The maximum absolute atomic E-state index is 12.5. The smallest absolute Gasteiger partial charge is 0.273 e. The third-order valence-electron chi connectivity index (χ3n) is 3.50. The monoisotopic (exact) mass is 293 g/mol. The van der Waals surface area contributed by atoms with E-state index in [0.717, 1.165) is 29.7 Å². The van der Waals surface area contributed by atoms with Gasteiger partial charge in [0.05, 0.1) is 6.04 Å². The lowest BCUT2D eigenvalue weighted by Gasteiger charge is -2.24. The zero-order valence-corrected chi connectivity index (χ0v) is 12.5. The highest BCUT2D eigenvalue weighted by molar-refractivity contribution is 7.97. The van der Waals surface area contributed by atoms with Crippen LogP contribution < -0.4 is 5.14 Å². The zero-order valence-electron chi connectivity index (χ0n) is 11.7. The van der Waals surface area contributed by atoms with Crippen molar-refractivity contribution in [3.05, 3.63) is 24.0 Å². The summed E-state index contributed by atoms with van der Waals surface area (Å²) in [6.07, 6.45) is 3.19. The van der Waals surface area contributed by atoms with Gasteiger partial charge in [-0.05, 0) is 36.9 Å². The van der Waals surface area contributed by atoms with Crippen molar-refractivity contribution < 1.29 is 9.59 Å². The molecule has 1 aliphatic rings. The van der Waals surface area contributed by atoms with E-state index in [1.807, 2.05) is 13.8 Å². The Kier molecular flexibility index (Phi) is 4.77. The predicted molar refractivity (Wildman–Crippen MR) is 78.2 cm³/mol.